The van der Waals surface area contributed by atoms with Gasteiger partial charge >= 0.3 is 0 Å². The number of hydrogen-bond acceptors (Lipinski definition) is 5. The fraction of sp³-hybridized carbons (Fsp3) is 0.391. The van der Waals surface area contributed by atoms with Gasteiger partial charge in [0.1, 0.15) is 5.54 Å². The summed E-state index contributed by atoms with van der Waals surface area (Å²) in [6.45, 7) is 1.95. The largest absolute Gasteiger partial charge is 0.454 e. The minimum absolute atomic E-state index is 0.0683. The molecule has 0 atom stereocenters. The van der Waals surface area contributed by atoms with Crippen molar-refractivity contribution in [2.24, 2.45) is 0 Å². The molecular formula is C23H25N3O4. The molecule has 2 amide bonds. The molecule has 5 rings (SSSR count). The number of nitrogens with one attached hydrogen (secondary N) is 1. The molecule has 2 aromatic carbocycles. The number of benzene rings is 2. The zero-order chi connectivity index (χ0) is 20.6. The van der Waals surface area contributed by atoms with Crippen LogP contribution in [0.15, 0.2) is 48.5 Å². The smallest absolute Gasteiger partial charge is 0.247 e. The van der Waals surface area contributed by atoms with Crippen LogP contribution in [0.25, 0.3) is 0 Å². The number of amides is 2. The molecule has 1 spiro atoms. The predicted molar refractivity (Wildman–Crippen MR) is 111 cm³/mol. The Labute approximate surface area is 175 Å². The maximum Gasteiger partial charge on any atom is 0.247 e. The molecule has 2 aromatic rings. The van der Waals surface area contributed by atoms with E-state index in [1.807, 2.05) is 53.4 Å². The Balaban J connectivity index is 1.21. The van der Waals surface area contributed by atoms with Crippen LogP contribution in [0.3, 0.4) is 0 Å². The topological polar surface area (TPSA) is 71.1 Å². The van der Waals surface area contributed by atoms with Crippen LogP contribution in [0, 0.1) is 0 Å². The minimum Gasteiger partial charge on any atom is -0.454 e. The van der Waals surface area contributed by atoms with Gasteiger partial charge < -0.3 is 24.6 Å². The Morgan fingerprint density at radius 1 is 1.03 bits per heavy atom. The Kier molecular flexibility index (Phi) is 4.73. The molecule has 0 aromatic heterocycles. The molecule has 3 heterocycles. The van der Waals surface area contributed by atoms with Crippen LogP contribution >= 0.6 is 0 Å². The van der Waals surface area contributed by atoms with Crippen molar-refractivity contribution < 1.29 is 19.1 Å². The first-order chi connectivity index (χ1) is 14.7. The number of rotatable bonds is 4. The Morgan fingerprint density at radius 3 is 2.60 bits per heavy atom. The third-order valence-corrected chi connectivity index (χ3v) is 6.41. The lowest BCUT2D eigenvalue weighted by Gasteiger charge is -2.43. The number of piperidine rings is 1. The van der Waals surface area contributed by atoms with E-state index in [9.17, 15) is 9.59 Å². The quantitative estimate of drug-likeness (QED) is 0.842. The van der Waals surface area contributed by atoms with E-state index in [0.29, 0.717) is 45.4 Å². The molecule has 3 aliphatic rings. The van der Waals surface area contributed by atoms with Crippen LogP contribution in [0.5, 0.6) is 11.5 Å². The van der Waals surface area contributed by atoms with Crippen LogP contribution in [-0.2, 0) is 16.0 Å². The average Bonchev–Trinajstić information content (AvgIpc) is 3.38. The van der Waals surface area contributed by atoms with Gasteiger partial charge in [-0.3, -0.25) is 9.59 Å². The van der Waals surface area contributed by atoms with E-state index in [2.05, 4.69) is 10.2 Å². The monoisotopic (exact) mass is 407 g/mol. The standard InChI is InChI=1S/C23H25N3O4/c27-21(9-7-17-6-8-19-20(14-17)30-16-29-19)25-12-10-23(11-13-25)22(28)24-15-26(23)18-4-2-1-3-5-18/h1-6,8,14H,7,9-13,15-16H2,(H,24,28). The van der Waals surface area contributed by atoms with Crippen molar-refractivity contribution in [2.45, 2.75) is 31.2 Å². The molecule has 7 heteroatoms. The van der Waals surface area contributed by atoms with Crippen LogP contribution in [0.4, 0.5) is 5.69 Å². The zero-order valence-corrected chi connectivity index (χ0v) is 16.8. The molecule has 0 radical (unpaired) electrons. The maximum absolute atomic E-state index is 12.8. The first kappa shape index (κ1) is 18.8. The van der Waals surface area contributed by atoms with Crippen LogP contribution in [0.2, 0.25) is 0 Å². The molecule has 7 nitrogen and oxygen atoms in total. The molecule has 0 unspecified atom stereocenters. The molecule has 156 valence electrons. The summed E-state index contributed by atoms with van der Waals surface area (Å²) in [5.41, 5.74) is 1.54. The summed E-state index contributed by atoms with van der Waals surface area (Å²) in [4.78, 5) is 29.6. The van der Waals surface area contributed by atoms with Gasteiger partial charge in [-0.1, -0.05) is 24.3 Å². The van der Waals surface area contributed by atoms with Crippen molar-refractivity contribution in [1.82, 2.24) is 10.2 Å². The van der Waals surface area contributed by atoms with Crippen molar-refractivity contribution >= 4 is 17.5 Å². The van der Waals surface area contributed by atoms with Crippen molar-refractivity contribution in [2.75, 3.05) is 31.5 Å². The second-order valence-corrected chi connectivity index (χ2v) is 8.03. The lowest BCUT2D eigenvalue weighted by atomic mass is 9.85. The number of carbonyl (C=O) groups excluding carboxylic acids is 2. The van der Waals surface area contributed by atoms with Gasteiger partial charge in [0.15, 0.2) is 11.5 Å². The van der Waals surface area contributed by atoms with Crippen molar-refractivity contribution in [3.63, 3.8) is 0 Å². The van der Waals surface area contributed by atoms with E-state index in [0.717, 1.165) is 22.7 Å². The van der Waals surface area contributed by atoms with E-state index >= 15 is 0 Å². The van der Waals surface area contributed by atoms with Gasteiger partial charge in [-0.05, 0) is 49.1 Å². The number of anilines is 1. The van der Waals surface area contributed by atoms with Gasteiger partial charge in [-0.25, -0.2) is 0 Å². The second kappa shape index (κ2) is 7.55. The molecule has 2 saturated heterocycles. The number of nitrogens with zero attached hydrogens (tertiary/aromatic N) is 2. The summed E-state index contributed by atoms with van der Waals surface area (Å²) in [6, 6.07) is 15.8. The molecule has 0 bridgehead atoms. The lowest BCUT2D eigenvalue weighted by Crippen LogP contribution is -2.57. The number of fused-ring (bicyclic) bond motifs is 1. The van der Waals surface area contributed by atoms with Crippen LogP contribution in [0.1, 0.15) is 24.8 Å². The maximum atomic E-state index is 12.8. The van der Waals surface area contributed by atoms with Crippen molar-refractivity contribution in [3.8, 4) is 11.5 Å². The van der Waals surface area contributed by atoms with E-state index < -0.39 is 5.54 Å². The summed E-state index contributed by atoms with van der Waals surface area (Å²) < 4.78 is 10.7. The fourth-order valence-electron chi connectivity index (χ4n) is 4.66. The highest BCUT2D eigenvalue weighted by atomic mass is 16.7. The SMILES string of the molecule is O=C(CCc1ccc2c(c1)OCO2)N1CCC2(CC1)C(=O)NCN2c1ccccc1. The summed E-state index contributed by atoms with van der Waals surface area (Å²) >= 11 is 0. The van der Waals surface area contributed by atoms with Gasteiger partial charge in [0.2, 0.25) is 18.6 Å². The normalized spacial score (nSPS) is 19.3. The third kappa shape index (κ3) is 3.24. The number of aryl methyl sites for hydroxylation is 1. The molecule has 0 saturated carbocycles. The first-order valence-corrected chi connectivity index (χ1v) is 10.4. The summed E-state index contributed by atoms with van der Waals surface area (Å²) in [5, 5.41) is 3.00. The molecule has 1 N–H and O–H groups in total. The number of likely N-dealkylation sites (tertiary alicyclic amines) is 1. The van der Waals surface area contributed by atoms with Crippen LogP contribution in [-0.4, -0.2) is 48.8 Å². The van der Waals surface area contributed by atoms with E-state index in [1.54, 1.807) is 0 Å². The highest BCUT2D eigenvalue weighted by Gasteiger charge is 2.50. The molecule has 3 aliphatic heterocycles. The predicted octanol–water partition coefficient (Wildman–Crippen LogP) is 2.30. The zero-order valence-electron chi connectivity index (χ0n) is 16.8. The summed E-state index contributed by atoms with van der Waals surface area (Å²) in [5.74, 6) is 1.70. The molecule has 2 fully saturated rings. The van der Waals surface area contributed by atoms with E-state index in [-0.39, 0.29) is 18.6 Å². The number of ether oxygens (including phenoxy) is 2. The molecule has 0 aliphatic carbocycles. The van der Waals surface area contributed by atoms with Gasteiger partial charge in [0.05, 0.1) is 6.67 Å². The molecule has 30 heavy (non-hydrogen) atoms. The van der Waals surface area contributed by atoms with Gasteiger partial charge in [-0.2, -0.15) is 0 Å². The Morgan fingerprint density at radius 2 is 1.80 bits per heavy atom. The van der Waals surface area contributed by atoms with Gasteiger partial charge in [0.25, 0.3) is 0 Å². The number of hydrogen-bond donors (Lipinski definition) is 1. The van der Waals surface area contributed by atoms with E-state index in [4.69, 9.17) is 9.47 Å². The number of para-hydroxylation sites is 1. The highest BCUT2D eigenvalue weighted by Crippen LogP contribution is 2.36. The molecular weight excluding hydrogens is 382 g/mol. The summed E-state index contributed by atoms with van der Waals surface area (Å²) in [7, 11) is 0. The highest BCUT2D eigenvalue weighted by molar-refractivity contribution is 5.93. The number of carbonyl (C=O) groups is 2. The minimum atomic E-state index is -0.560. The Hall–Kier alpha value is -3.22. The average molecular weight is 407 g/mol. The van der Waals surface area contributed by atoms with Crippen molar-refractivity contribution in [3.05, 3.63) is 54.1 Å². The Bertz CT molecular complexity index is 954. The fourth-order valence-corrected chi connectivity index (χ4v) is 4.66. The van der Waals surface area contributed by atoms with Gasteiger partial charge in [0, 0.05) is 25.2 Å². The lowest BCUT2D eigenvalue weighted by molar-refractivity contribution is -0.135. The van der Waals surface area contributed by atoms with E-state index in [1.165, 1.54) is 0 Å². The van der Waals surface area contributed by atoms with Gasteiger partial charge in [-0.15, -0.1) is 0 Å². The summed E-state index contributed by atoms with van der Waals surface area (Å²) in [6.07, 6.45) is 2.39. The first-order valence-electron chi connectivity index (χ1n) is 10.4. The third-order valence-electron chi connectivity index (χ3n) is 6.41. The van der Waals surface area contributed by atoms with Crippen molar-refractivity contribution in [1.29, 1.82) is 0 Å². The second-order valence-electron chi connectivity index (χ2n) is 8.03. The van der Waals surface area contributed by atoms with Crippen LogP contribution < -0.4 is 19.7 Å².